The lowest BCUT2D eigenvalue weighted by Crippen LogP contribution is -2.65. The molecule has 2 spiro atoms. The third kappa shape index (κ3) is 2.43. The second kappa shape index (κ2) is 5.28. The van der Waals surface area contributed by atoms with Crippen molar-refractivity contribution in [3.63, 3.8) is 0 Å². The SMILES string of the molecule is C1CCC2(CC1)CN(C1CCNC3(CCCCC3)C1)C2. The monoisotopic (exact) mass is 276 g/mol. The Kier molecular flexibility index (Phi) is 3.58. The van der Waals surface area contributed by atoms with Crippen molar-refractivity contribution in [2.75, 3.05) is 19.6 Å². The van der Waals surface area contributed by atoms with Gasteiger partial charge in [0.2, 0.25) is 0 Å². The largest absolute Gasteiger partial charge is 0.311 e. The van der Waals surface area contributed by atoms with Gasteiger partial charge >= 0.3 is 0 Å². The van der Waals surface area contributed by atoms with Gasteiger partial charge in [-0.05, 0) is 50.5 Å². The van der Waals surface area contributed by atoms with Crippen LogP contribution in [0.15, 0.2) is 0 Å². The minimum atomic E-state index is 0.538. The summed E-state index contributed by atoms with van der Waals surface area (Å²) in [6, 6.07) is 0.905. The molecule has 1 unspecified atom stereocenters. The molecule has 2 heterocycles. The van der Waals surface area contributed by atoms with Crippen LogP contribution in [0.25, 0.3) is 0 Å². The van der Waals surface area contributed by atoms with Gasteiger partial charge in [0, 0.05) is 24.7 Å². The van der Waals surface area contributed by atoms with Crippen LogP contribution < -0.4 is 5.32 Å². The van der Waals surface area contributed by atoms with Gasteiger partial charge in [-0.2, -0.15) is 0 Å². The molecular weight excluding hydrogens is 244 g/mol. The van der Waals surface area contributed by atoms with Crippen LogP contribution in [0.4, 0.5) is 0 Å². The number of hydrogen-bond donors (Lipinski definition) is 1. The molecule has 0 aromatic heterocycles. The van der Waals surface area contributed by atoms with E-state index in [-0.39, 0.29) is 0 Å². The first kappa shape index (κ1) is 13.6. The molecule has 0 amide bonds. The minimum absolute atomic E-state index is 0.538. The van der Waals surface area contributed by atoms with E-state index in [0.29, 0.717) is 5.54 Å². The lowest BCUT2D eigenvalue weighted by atomic mass is 9.66. The van der Waals surface area contributed by atoms with E-state index in [4.69, 9.17) is 0 Å². The van der Waals surface area contributed by atoms with Crippen LogP contribution in [0.3, 0.4) is 0 Å². The van der Waals surface area contributed by atoms with E-state index in [9.17, 15) is 0 Å². The van der Waals surface area contributed by atoms with Gasteiger partial charge in [-0.1, -0.05) is 38.5 Å². The summed E-state index contributed by atoms with van der Waals surface area (Å²) >= 11 is 0. The fourth-order valence-electron chi connectivity index (χ4n) is 5.74. The summed E-state index contributed by atoms with van der Waals surface area (Å²) < 4.78 is 0. The Bertz CT molecular complexity index is 326. The summed E-state index contributed by atoms with van der Waals surface area (Å²) in [7, 11) is 0. The van der Waals surface area contributed by atoms with Crippen molar-refractivity contribution in [2.24, 2.45) is 5.41 Å². The highest BCUT2D eigenvalue weighted by Gasteiger charge is 2.48. The predicted octanol–water partition coefficient (Wildman–Crippen LogP) is 3.71. The molecule has 0 radical (unpaired) electrons. The van der Waals surface area contributed by atoms with E-state index in [0.717, 1.165) is 11.5 Å². The quantitative estimate of drug-likeness (QED) is 0.785. The first-order valence-corrected chi connectivity index (χ1v) is 9.29. The molecule has 2 nitrogen and oxygen atoms in total. The minimum Gasteiger partial charge on any atom is -0.311 e. The molecule has 1 N–H and O–H groups in total. The first-order chi connectivity index (χ1) is 9.79. The summed E-state index contributed by atoms with van der Waals surface area (Å²) in [5.41, 5.74) is 1.30. The van der Waals surface area contributed by atoms with E-state index in [1.165, 1.54) is 96.7 Å². The van der Waals surface area contributed by atoms with Crippen LogP contribution in [0.2, 0.25) is 0 Å². The molecule has 2 heteroatoms. The van der Waals surface area contributed by atoms with Crippen molar-refractivity contribution in [1.29, 1.82) is 0 Å². The molecule has 20 heavy (non-hydrogen) atoms. The average molecular weight is 276 g/mol. The molecule has 2 aliphatic heterocycles. The summed E-state index contributed by atoms with van der Waals surface area (Å²) in [6.45, 7) is 4.15. The standard InChI is InChI=1S/C18H32N2/c1-3-8-17(9-4-1)14-20(15-17)16-7-12-19-18(13-16)10-5-2-6-11-18/h16,19H,1-15H2. The van der Waals surface area contributed by atoms with Gasteiger partial charge in [-0.15, -0.1) is 0 Å². The number of nitrogens with one attached hydrogen (secondary N) is 1. The van der Waals surface area contributed by atoms with Gasteiger partial charge < -0.3 is 5.32 Å². The first-order valence-electron chi connectivity index (χ1n) is 9.29. The average Bonchev–Trinajstić information content (AvgIpc) is 2.46. The molecule has 4 aliphatic rings. The van der Waals surface area contributed by atoms with Crippen molar-refractivity contribution in [3.8, 4) is 0 Å². The van der Waals surface area contributed by atoms with Crippen molar-refractivity contribution >= 4 is 0 Å². The summed E-state index contributed by atoms with van der Waals surface area (Å²) in [5.74, 6) is 0. The van der Waals surface area contributed by atoms with Crippen molar-refractivity contribution < 1.29 is 0 Å². The van der Waals surface area contributed by atoms with Crippen LogP contribution in [-0.2, 0) is 0 Å². The third-order valence-electron chi connectivity index (χ3n) is 6.92. The third-order valence-corrected chi connectivity index (χ3v) is 6.92. The topological polar surface area (TPSA) is 15.3 Å². The van der Waals surface area contributed by atoms with Crippen molar-refractivity contribution in [3.05, 3.63) is 0 Å². The van der Waals surface area contributed by atoms with Crippen LogP contribution in [-0.4, -0.2) is 36.1 Å². The number of hydrogen-bond acceptors (Lipinski definition) is 2. The van der Waals surface area contributed by atoms with Gasteiger partial charge in [-0.25, -0.2) is 0 Å². The normalized spacial score (nSPS) is 36.9. The van der Waals surface area contributed by atoms with Gasteiger partial charge in [0.1, 0.15) is 0 Å². The Labute approximate surface area is 124 Å². The van der Waals surface area contributed by atoms with Gasteiger partial charge in [0.25, 0.3) is 0 Å². The Morgan fingerprint density at radius 3 is 2.15 bits per heavy atom. The fourth-order valence-corrected chi connectivity index (χ4v) is 5.74. The molecule has 0 aromatic rings. The Balaban J connectivity index is 1.35. The molecule has 2 saturated carbocycles. The maximum Gasteiger partial charge on any atom is 0.0196 e. The molecule has 2 aliphatic carbocycles. The highest BCUT2D eigenvalue weighted by Crippen LogP contribution is 2.46. The van der Waals surface area contributed by atoms with Crippen LogP contribution >= 0.6 is 0 Å². The molecule has 0 bridgehead atoms. The highest BCUT2D eigenvalue weighted by molar-refractivity contribution is 5.04. The fraction of sp³-hybridized carbons (Fsp3) is 1.00. The van der Waals surface area contributed by atoms with Crippen molar-refractivity contribution in [2.45, 2.75) is 88.6 Å². The molecule has 4 fully saturated rings. The van der Waals surface area contributed by atoms with E-state index in [1.54, 1.807) is 0 Å². The Morgan fingerprint density at radius 1 is 0.800 bits per heavy atom. The second-order valence-electron chi connectivity index (χ2n) is 8.38. The highest BCUT2D eigenvalue weighted by atomic mass is 15.2. The summed E-state index contributed by atoms with van der Waals surface area (Å²) in [4.78, 5) is 2.86. The van der Waals surface area contributed by atoms with Crippen LogP contribution in [0.1, 0.15) is 77.0 Å². The molecule has 1 atom stereocenters. The maximum atomic E-state index is 3.91. The zero-order valence-electron chi connectivity index (χ0n) is 13.1. The summed E-state index contributed by atoms with van der Waals surface area (Å²) in [6.07, 6.45) is 17.7. The van der Waals surface area contributed by atoms with E-state index in [1.807, 2.05) is 0 Å². The molecule has 114 valence electrons. The zero-order chi connectivity index (χ0) is 13.5. The lowest BCUT2D eigenvalue weighted by molar-refractivity contribution is -0.0728. The number of likely N-dealkylation sites (tertiary alicyclic amines) is 1. The van der Waals surface area contributed by atoms with Gasteiger partial charge in [0.05, 0.1) is 0 Å². The van der Waals surface area contributed by atoms with Gasteiger partial charge in [-0.3, -0.25) is 4.90 Å². The Morgan fingerprint density at radius 2 is 1.45 bits per heavy atom. The van der Waals surface area contributed by atoms with Crippen molar-refractivity contribution in [1.82, 2.24) is 10.2 Å². The molecule has 0 aromatic carbocycles. The van der Waals surface area contributed by atoms with Crippen LogP contribution in [0, 0.1) is 5.41 Å². The predicted molar refractivity (Wildman–Crippen MR) is 83.9 cm³/mol. The number of nitrogens with zero attached hydrogens (tertiary/aromatic N) is 1. The van der Waals surface area contributed by atoms with Gasteiger partial charge in [0.15, 0.2) is 0 Å². The lowest BCUT2D eigenvalue weighted by Gasteiger charge is -2.58. The zero-order valence-corrected chi connectivity index (χ0v) is 13.1. The smallest absolute Gasteiger partial charge is 0.0196 e. The van der Waals surface area contributed by atoms with E-state index >= 15 is 0 Å². The molecular formula is C18H32N2. The molecule has 2 saturated heterocycles. The molecule has 4 rings (SSSR count). The summed E-state index contributed by atoms with van der Waals surface area (Å²) in [5, 5.41) is 3.91. The second-order valence-corrected chi connectivity index (χ2v) is 8.38. The number of piperidine rings is 1. The van der Waals surface area contributed by atoms with Crippen LogP contribution in [0.5, 0.6) is 0 Å². The number of rotatable bonds is 1. The Hall–Kier alpha value is -0.0800. The maximum absolute atomic E-state index is 3.91. The van der Waals surface area contributed by atoms with E-state index < -0.39 is 0 Å². The van der Waals surface area contributed by atoms with E-state index in [2.05, 4.69) is 10.2 Å².